The van der Waals surface area contributed by atoms with Crippen LogP contribution >= 0.6 is 23.2 Å². The van der Waals surface area contributed by atoms with Crippen LogP contribution in [-0.4, -0.2) is 21.9 Å². The van der Waals surface area contributed by atoms with Crippen LogP contribution in [0.5, 0.6) is 0 Å². The molecule has 2 aromatic carbocycles. The molecular formula is C18H19Cl2N3. The first-order valence-corrected chi connectivity index (χ1v) is 8.30. The lowest BCUT2D eigenvalue weighted by Crippen LogP contribution is -2.22. The van der Waals surface area contributed by atoms with Gasteiger partial charge >= 0.3 is 0 Å². The Kier molecular flexibility index (Phi) is 4.62. The van der Waals surface area contributed by atoms with E-state index in [1.165, 1.54) is 5.56 Å². The molecule has 0 aliphatic carbocycles. The average molecular weight is 348 g/mol. The molecule has 0 amide bonds. The second-order valence-electron chi connectivity index (χ2n) is 5.91. The summed E-state index contributed by atoms with van der Waals surface area (Å²) >= 11 is 12.1. The number of fused-ring (bicyclic) bond motifs is 1. The van der Waals surface area contributed by atoms with Crippen molar-refractivity contribution in [1.29, 1.82) is 0 Å². The number of nitrogens with zero attached hydrogens (tertiary/aromatic N) is 2. The van der Waals surface area contributed by atoms with Crippen molar-refractivity contribution in [2.45, 2.75) is 26.4 Å². The van der Waals surface area contributed by atoms with Gasteiger partial charge in [-0.2, -0.15) is 0 Å². The van der Waals surface area contributed by atoms with Crippen LogP contribution in [-0.2, 0) is 6.54 Å². The number of hydrogen-bond donors (Lipinski definition) is 1. The van der Waals surface area contributed by atoms with Gasteiger partial charge < -0.3 is 4.98 Å². The van der Waals surface area contributed by atoms with Gasteiger partial charge in [0.25, 0.3) is 0 Å². The summed E-state index contributed by atoms with van der Waals surface area (Å²) in [4.78, 5) is 10.2. The Morgan fingerprint density at radius 2 is 1.96 bits per heavy atom. The minimum absolute atomic E-state index is 0.232. The maximum absolute atomic E-state index is 6.11. The van der Waals surface area contributed by atoms with Crippen LogP contribution in [0, 0.1) is 6.92 Å². The summed E-state index contributed by atoms with van der Waals surface area (Å²) in [5, 5.41) is 1.18. The number of aromatic amines is 1. The summed E-state index contributed by atoms with van der Waals surface area (Å²) in [6, 6.07) is 12.3. The van der Waals surface area contributed by atoms with E-state index in [0.717, 1.165) is 29.0 Å². The molecule has 0 spiro atoms. The molecule has 1 N–H and O–H groups in total. The third kappa shape index (κ3) is 3.37. The molecule has 3 aromatic rings. The normalized spacial score (nSPS) is 13.0. The Labute approximate surface area is 146 Å². The van der Waals surface area contributed by atoms with Gasteiger partial charge in [0.15, 0.2) is 0 Å². The number of nitrogens with one attached hydrogen (secondary N) is 1. The molecule has 1 heterocycles. The fourth-order valence-corrected chi connectivity index (χ4v) is 3.14. The van der Waals surface area contributed by atoms with E-state index in [1.807, 2.05) is 25.1 Å². The molecule has 0 aliphatic heterocycles. The maximum Gasteiger partial charge on any atom is 0.104 e. The van der Waals surface area contributed by atoms with Crippen molar-refractivity contribution >= 4 is 34.2 Å². The van der Waals surface area contributed by atoms with Gasteiger partial charge in [-0.15, -0.1) is 0 Å². The van der Waals surface area contributed by atoms with Crippen LogP contribution in [0.2, 0.25) is 10.0 Å². The fourth-order valence-electron chi connectivity index (χ4n) is 2.82. The summed E-state index contributed by atoms with van der Waals surface area (Å²) in [6.07, 6.45) is 0. The van der Waals surface area contributed by atoms with Crippen LogP contribution in [0.1, 0.15) is 29.9 Å². The van der Waals surface area contributed by atoms with E-state index in [-0.39, 0.29) is 6.04 Å². The van der Waals surface area contributed by atoms with Crippen LogP contribution in [0.25, 0.3) is 11.0 Å². The van der Waals surface area contributed by atoms with Gasteiger partial charge in [0.05, 0.1) is 21.1 Å². The van der Waals surface area contributed by atoms with Crippen molar-refractivity contribution in [1.82, 2.24) is 14.9 Å². The maximum atomic E-state index is 6.11. The Morgan fingerprint density at radius 1 is 1.17 bits per heavy atom. The molecule has 0 saturated heterocycles. The Hall–Kier alpha value is -1.55. The highest BCUT2D eigenvalue weighted by atomic mass is 35.5. The molecule has 23 heavy (non-hydrogen) atoms. The largest absolute Gasteiger partial charge is 0.342 e. The number of rotatable bonds is 4. The molecular weight excluding hydrogens is 329 g/mol. The fraction of sp³-hybridized carbons (Fsp3) is 0.278. The molecule has 0 saturated carbocycles. The van der Waals surface area contributed by atoms with Gasteiger partial charge in [-0.3, -0.25) is 4.90 Å². The summed E-state index contributed by atoms with van der Waals surface area (Å²) in [5.41, 5.74) is 4.47. The Bertz CT molecular complexity index is 841. The third-order valence-corrected chi connectivity index (χ3v) is 4.93. The van der Waals surface area contributed by atoms with Crippen molar-refractivity contribution in [3.63, 3.8) is 0 Å². The number of imidazole rings is 1. The van der Waals surface area contributed by atoms with E-state index < -0.39 is 0 Å². The van der Waals surface area contributed by atoms with Crippen molar-refractivity contribution in [3.8, 4) is 0 Å². The number of para-hydroxylation sites is 1. The zero-order chi connectivity index (χ0) is 16.6. The van der Waals surface area contributed by atoms with Gasteiger partial charge in [0.1, 0.15) is 5.82 Å². The predicted octanol–water partition coefficient (Wildman–Crippen LogP) is 5.37. The second kappa shape index (κ2) is 6.52. The quantitative estimate of drug-likeness (QED) is 0.687. The Balaban J connectivity index is 1.86. The van der Waals surface area contributed by atoms with Crippen molar-refractivity contribution in [3.05, 3.63) is 63.4 Å². The predicted molar refractivity (Wildman–Crippen MR) is 97.2 cm³/mol. The highest BCUT2D eigenvalue weighted by Crippen LogP contribution is 2.28. The van der Waals surface area contributed by atoms with Gasteiger partial charge in [-0.05, 0) is 50.2 Å². The first-order chi connectivity index (χ1) is 11.0. The molecule has 0 aliphatic rings. The summed E-state index contributed by atoms with van der Waals surface area (Å²) in [7, 11) is 2.10. The Morgan fingerprint density at radius 3 is 2.70 bits per heavy atom. The smallest absolute Gasteiger partial charge is 0.104 e. The first kappa shape index (κ1) is 16.3. The molecule has 3 nitrogen and oxygen atoms in total. The van der Waals surface area contributed by atoms with Crippen LogP contribution in [0.15, 0.2) is 36.4 Å². The van der Waals surface area contributed by atoms with Crippen molar-refractivity contribution < 1.29 is 0 Å². The van der Waals surface area contributed by atoms with Gasteiger partial charge in [-0.1, -0.05) is 41.4 Å². The zero-order valence-electron chi connectivity index (χ0n) is 13.4. The number of benzene rings is 2. The minimum atomic E-state index is 0.232. The topological polar surface area (TPSA) is 31.9 Å². The first-order valence-electron chi connectivity index (χ1n) is 7.55. The average Bonchev–Trinajstić information content (AvgIpc) is 2.90. The number of aryl methyl sites for hydroxylation is 1. The highest BCUT2D eigenvalue weighted by molar-refractivity contribution is 6.42. The molecule has 1 aromatic heterocycles. The molecule has 5 heteroatoms. The lowest BCUT2D eigenvalue weighted by atomic mass is 10.0. The van der Waals surface area contributed by atoms with Crippen LogP contribution in [0.4, 0.5) is 0 Å². The zero-order valence-corrected chi connectivity index (χ0v) is 14.9. The molecule has 0 radical (unpaired) electrons. The molecule has 1 unspecified atom stereocenters. The lowest BCUT2D eigenvalue weighted by Gasteiger charge is -2.25. The number of hydrogen-bond acceptors (Lipinski definition) is 2. The van der Waals surface area contributed by atoms with E-state index >= 15 is 0 Å². The van der Waals surface area contributed by atoms with E-state index in [4.69, 9.17) is 23.2 Å². The molecule has 1 atom stereocenters. The minimum Gasteiger partial charge on any atom is -0.342 e. The SMILES string of the molecule is Cc1nc2c(C(C)N(C)Cc3ccc(Cl)c(Cl)c3)cccc2[nH]1. The van der Waals surface area contributed by atoms with Gasteiger partial charge in [-0.25, -0.2) is 4.98 Å². The monoisotopic (exact) mass is 347 g/mol. The molecule has 3 rings (SSSR count). The number of aromatic nitrogens is 2. The molecule has 0 fully saturated rings. The van der Waals surface area contributed by atoms with Gasteiger partial charge in [0, 0.05) is 12.6 Å². The van der Waals surface area contributed by atoms with E-state index in [1.54, 1.807) is 0 Å². The van der Waals surface area contributed by atoms with Crippen LogP contribution < -0.4 is 0 Å². The van der Waals surface area contributed by atoms with Crippen molar-refractivity contribution in [2.24, 2.45) is 0 Å². The van der Waals surface area contributed by atoms with E-state index in [2.05, 4.69) is 47.0 Å². The standard InChI is InChI=1S/C18H19Cl2N3/c1-11(14-5-4-6-17-18(14)22-12(2)21-17)23(3)10-13-7-8-15(19)16(20)9-13/h4-9,11H,10H2,1-3H3,(H,21,22). The van der Waals surface area contributed by atoms with E-state index in [9.17, 15) is 0 Å². The number of H-pyrrole nitrogens is 1. The van der Waals surface area contributed by atoms with E-state index in [0.29, 0.717) is 10.0 Å². The summed E-state index contributed by atoms with van der Waals surface area (Å²) < 4.78 is 0. The third-order valence-electron chi connectivity index (χ3n) is 4.19. The highest BCUT2D eigenvalue weighted by Gasteiger charge is 2.16. The lowest BCUT2D eigenvalue weighted by molar-refractivity contribution is 0.254. The van der Waals surface area contributed by atoms with Crippen LogP contribution in [0.3, 0.4) is 0 Å². The van der Waals surface area contributed by atoms with Gasteiger partial charge in [0.2, 0.25) is 0 Å². The summed E-state index contributed by atoms with van der Waals surface area (Å²) in [5.74, 6) is 0.937. The summed E-state index contributed by atoms with van der Waals surface area (Å²) in [6.45, 7) is 4.96. The number of halogens is 2. The molecule has 0 bridgehead atoms. The second-order valence-corrected chi connectivity index (χ2v) is 6.72. The molecule has 120 valence electrons. The van der Waals surface area contributed by atoms with Crippen molar-refractivity contribution in [2.75, 3.05) is 7.05 Å².